The molecule has 20 heavy (non-hydrogen) atoms. The third-order valence-electron chi connectivity index (χ3n) is 3.03. The molecule has 0 radical (unpaired) electrons. The van der Waals surface area contributed by atoms with Crippen molar-refractivity contribution in [2.75, 3.05) is 5.43 Å². The Morgan fingerprint density at radius 1 is 1.15 bits per heavy atom. The zero-order valence-electron chi connectivity index (χ0n) is 10.6. The fourth-order valence-electron chi connectivity index (χ4n) is 2.10. The van der Waals surface area contributed by atoms with Crippen LogP contribution < -0.4 is 16.7 Å². The fraction of sp³-hybridized carbons (Fsp3) is 0.455. The maximum atomic E-state index is 11.6. The maximum absolute atomic E-state index is 11.6. The second kappa shape index (κ2) is 6.31. The Balaban J connectivity index is 0.00000147. The molecule has 0 unspecified atom stereocenters. The van der Waals surface area contributed by atoms with Gasteiger partial charge in [0.1, 0.15) is 4.70 Å². The summed E-state index contributed by atoms with van der Waals surface area (Å²) in [4.78, 5) is 31.5. The molecule has 1 aliphatic rings. The number of H-pyrrole nitrogens is 2. The van der Waals surface area contributed by atoms with Crippen molar-refractivity contribution in [3.05, 3.63) is 20.8 Å². The molecule has 1 saturated carbocycles. The first kappa shape index (κ1) is 14.9. The van der Waals surface area contributed by atoms with E-state index in [1.165, 1.54) is 30.6 Å². The van der Waals surface area contributed by atoms with Gasteiger partial charge in [-0.1, -0.05) is 17.8 Å². The number of aromatic nitrogens is 3. The molecule has 3 rings (SSSR count). The first-order valence-corrected chi connectivity index (χ1v) is 6.98. The first-order valence-electron chi connectivity index (χ1n) is 6.17. The summed E-state index contributed by atoms with van der Waals surface area (Å²) in [7, 11) is 0. The molecule has 0 atom stereocenters. The van der Waals surface area contributed by atoms with Gasteiger partial charge in [-0.3, -0.25) is 20.2 Å². The molecule has 0 bridgehead atoms. The van der Waals surface area contributed by atoms with E-state index in [-0.39, 0.29) is 17.0 Å². The van der Waals surface area contributed by atoms with Crippen LogP contribution in [-0.4, -0.2) is 20.7 Å². The van der Waals surface area contributed by atoms with E-state index in [0.29, 0.717) is 15.5 Å². The zero-order chi connectivity index (χ0) is 13.2. The number of rotatable bonds is 2. The minimum absolute atomic E-state index is 0. The van der Waals surface area contributed by atoms with Crippen molar-refractivity contribution < 1.29 is 0 Å². The first-order chi connectivity index (χ1) is 9.22. The summed E-state index contributed by atoms with van der Waals surface area (Å²) in [5.74, 6) is 0. The lowest BCUT2D eigenvalue weighted by Gasteiger charge is -2.11. The number of nitrogens with one attached hydrogen (secondary N) is 3. The topological polar surface area (TPSA) is 103 Å². The number of hydrazone groups is 1. The lowest BCUT2D eigenvalue weighted by molar-refractivity contribution is 0.665. The summed E-state index contributed by atoms with van der Waals surface area (Å²) in [5, 5.41) is 4.83. The molecular formula is C11H14BrN5O2S. The predicted molar refractivity (Wildman–Crippen MR) is 85.3 cm³/mol. The van der Waals surface area contributed by atoms with E-state index in [4.69, 9.17) is 0 Å². The number of hydrogen-bond donors (Lipinski definition) is 3. The third kappa shape index (κ3) is 3.15. The van der Waals surface area contributed by atoms with Crippen LogP contribution in [0.25, 0.3) is 10.3 Å². The van der Waals surface area contributed by atoms with E-state index in [9.17, 15) is 9.59 Å². The molecule has 2 heterocycles. The van der Waals surface area contributed by atoms with Gasteiger partial charge in [-0.2, -0.15) is 5.10 Å². The van der Waals surface area contributed by atoms with Gasteiger partial charge in [0.2, 0.25) is 5.13 Å². The second-order valence-electron chi connectivity index (χ2n) is 4.46. The van der Waals surface area contributed by atoms with Gasteiger partial charge in [-0.25, -0.2) is 9.78 Å². The molecule has 1 aliphatic carbocycles. The maximum Gasteiger partial charge on any atom is 0.327 e. The van der Waals surface area contributed by atoms with Gasteiger partial charge in [0, 0.05) is 5.71 Å². The largest absolute Gasteiger partial charge is 0.327 e. The molecule has 2 aromatic rings. The van der Waals surface area contributed by atoms with Crippen LogP contribution in [0.3, 0.4) is 0 Å². The van der Waals surface area contributed by atoms with Crippen molar-refractivity contribution in [2.45, 2.75) is 32.1 Å². The lowest BCUT2D eigenvalue weighted by atomic mass is 9.99. The molecule has 108 valence electrons. The van der Waals surface area contributed by atoms with Crippen molar-refractivity contribution in [1.29, 1.82) is 0 Å². The van der Waals surface area contributed by atoms with Crippen LogP contribution in [0.4, 0.5) is 5.13 Å². The van der Waals surface area contributed by atoms with Crippen molar-refractivity contribution in [3.63, 3.8) is 0 Å². The van der Waals surface area contributed by atoms with Gasteiger partial charge in [-0.05, 0) is 25.7 Å². The third-order valence-corrected chi connectivity index (χ3v) is 3.99. The summed E-state index contributed by atoms with van der Waals surface area (Å²) >= 11 is 1.18. The number of halogens is 1. The fourth-order valence-corrected chi connectivity index (χ4v) is 2.86. The average Bonchev–Trinajstić information content (AvgIpc) is 2.81. The summed E-state index contributed by atoms with van der Waals surface area (Å²) in [5.41, 5.74) is 3.33. The summed E-state index contributed by atoms with van der Waals surface area (Å²) in [6.45, 7) is 0. The number of anilines is 1. The summed E-state index contributed by atoms with van der Waals surface area (Å²) < 4.78 is 0.394. The number of hydrogen-bond acceptors (Lipinski definition) is 6. The second-order valence-corrected chi connectivity index (χ2v) is 5.45. The highest BCUT2D eigenvalue weighted by Gasteiger charge is 2.09. The normalized spacial score (nSPS) is 14.9. The molecule has 2 aromatic heterocycles. The predicted octanol–water partition coefficient (Wildman–Crippen LogP) is 1.98. The molecule has 7 nitrogen and oxygen atoms in total. The van der Waals surface area contributed by atoms with Crippen LogP contribution in [0.15, 0.2) is 14.7 Å². The van der Waals surface area contributed by atoms with Crippen LogP contribution in [0.5, 0.6) is 0 Å². The smallest absolute Gasteiger partial charge is 0.291 e. The highest BCUT2D eigenvalue weighted by Crippen LogP contribution is 2.21. The van der Waals surface area contributed by atoms with Crippen molar-refractivity contribution >= 4 is 49.5 Å². The average molecular weight is 360 g/mol. The van der Waals surface area contributed by atoms with Crippen molar-refractivity contribution in [3.8, 4) is 0 Å². The number of thiazole rings is 1. The molecule has 0 spiro atoms. The van der Waals surface area contributed by atoms with E-state index in [1.54, 1.807) is 0 Å². The number of nitrogens with zero attached hydrogens (tertiary/aromatic N) is 2. The van der Waals surface area contributed by atoms with Crippen LogP contribution in [0.1, 0.15) is 32.1 Å². The monoisotopic (exact) mass is 359 g/mol. The Labute approximate surface area is 128 Å². The van der Waals surface area contributed by atoms with E-state index in [0.717, 1.165) is 18.6 Å². The highest BCUT2D eigenvalue weighted by molar-refractivity contribution is 8.93. The van der Waals surface area contributed by atoms with Crippen molar-refractivity contribution in [2.24, 2.45) is 5.10 Å². The standard InChI is InChI=1S/C11H13N5O2S.BrH/c17-9-7-8(12-10(18)14-9)13-11(19-7)16-15-6-4-2-1-3-5-6;/h1-5H2,(H3,12,13,14,16,17,18);1H. The molecule has 0 saturated heterocycles. The minimum Gasteiger partial charge on any atom is -0.291 e. The minimum atomic E-state index is -0.548. The Morgan fingerprint density at radius 2 is 1.90 bits per heavy atom. The van der Waals surface area contributed by atoms with Gasteiger partial charge in [-0.15, -0.1) is 17.0 Å². The number of aromatic amines is 2. The Morgan fingerprint density at radius 3 is 2.65 bits per heavy atom. The molecular weight excluding hydrogens is 346 g/mol. The molecule has 0 aromatic carbocycles. The van der Waals surface area contributed by atoms with Crippen LogP contribution >= 0.6 is 28.3 Å². The summed E-state index contributed by atoms with van der Waals surface area (Å²) in [6, 6.07) is 0. The summed E-state index contributed by atoms with van der Waals surface area (Å²) in [6.07, 6.45) is 5.63. The van der Waals surface area contributed by atoms with Gasteiger partial charge in [0.05, 0.1) is 0 Å². The van der Waals surface area contributed by atoms with Crippen molar-refractivity contribution in [1.82, 2.24) is 15.0 Å². The van der Waals surface area contributed by atoms with E-state index < -0.39 is 11.2 Å². The Kier molecular flexibility index (Phi) is 4.71. The van der Waals surface area contributed by atoms with Crippen LogP contribution in [0.2, 0.25) is 0 Å². The molecule has 9 heteroatoms. The van der Waals surface area contributed by atoms with Crippen LogP contribution in [0, 0.1) is 0 Å². The van der Waals surface area contributed by atoms with Crippen LogP contribution in [-0.2, 0) is 0 Å². The highest BCUT2D eigenvalue weighted by atomic mass is 79.9. The SMILES string of the molecule is Br.O=c1[nH]c(=O)c2sc(NN=C3CCCCC3)nc2[nH]1. The molecule has 1 fully saturated rings. The number of fused-ring (bicyclic) bond motifs is 1. The molecule has 0 amide bonds. The van der Waals surface area contributed by atoms with E-state index >= 15 is 0 Å². The van der Waals surface area contributed by atoms with Gasteiger partial charge in [0.15, 0.2) is 5.65 Å². The van der Waals surface area contributed by atoms with Gasteiger partial charge in [0.25, 0.3) is 5.56 Å². The Hall–Kier alpha value is -1.48. The molecule has 3 N–H and O–H groups in total. The lowest BCUT2D eigenvalue weighted by Crippen LogP contribution is -2.20. The molecule has 0 aliphatic heterocycles. The zero-order valence-corrected chi connectivity index (χ0v) is 13.1. The van der Waals surface area contributed by atoms with E-state index in [1.807, 2.05) is 0 Å². The Bertz CT molecular complexity index is 739. The van der Waals surface area contributed by atoms with Gasteiger partial charge >= 0.3 is 5.69 Å². The van der Waals surface area contributed by atoms with E-state index in [2.05, 4.69) is 25.5 Å². The van der Waals surface area contributed by atoms with Gasteiger partial charge < -0.3 is 0 Å². The quantitative estimate of drug-likeness (QED) is 0.713.